The van der Waals surface area contributed by atoms with Crippen LogP contribution in [0.2, 0.25) is 0 Å². The molecule has 0 radical (unpaired) electrons. The zero-order valence-electron chi connectivity index (χ0n) is 11.0. The first-order valence-corrected chi connectivity index (χ1v) is 6.66. The van der Waals surface area contributed by atoms with Crippen LogP contribution < -0.4 is 0 Å². The van der Waals surface area contributed by atoms with Gasteiger partial charge in [0.25, 0.3) is 0 Å². The van der Waals surface area contributed by atoms with Gasteiger partial charge in [0.2, 0.25) is 0 Å². The van der Waals surface area contributed by atoms with Crippen molar-refractivity contribution >= 4 is 5.97 Å². The van der Waals surface area contributed by atoms with Crippen LogP contribution in [0.1, 0.15) is 44.6 Å². The Morgan fingerprint density at radius 2 is 1.78 bits per heavy atom. The molecule has 1 aromatic rings. The fourth-order valence-electron chi connectivity index (χ4n) is 1.74. The summed E-state index contributed by atoms with van der Waals surface area (Å²) < 4.78 is 5.00. The summed E-state index contributed by atoms with van der Waals surface area (Å²) in [5.41, 5.74) is 1.25. The predicted molar refractivity (Wildman–Crippen MR) is 71.5 cm³/mol. The van der Waals surface area contributed by atoms with Gasteiger partial charge < -0.3 is 9.84 Å². The molecule has 3 nitrogen and oxygen atoms in total. The van der Waals surface area contributed by atoms with Gasteiger partial charge >= 0.3 is 5.97 Å². The average molecular weight is 250 g/mol. The van der Waals surface area contributed by atoms with Crippen molar-refractivity contribution < 1.29 is 14.6 Å². The highest BCUT2D eigenvalue weighted by Crippen LogP contribution is 2.12. The van der Waals surface area contributed by atoms with E-state index in [4.69, 9.17) is 9.84 Å². The normalized spacial score (nSPS) is 10.3. The number of esters is 1. The van der Waals surface area contributed by atoms with E-state index in [1.807, 2.05) is 12.1 Å². The Bertz CT molecular complexity index is 343. The molecule has 0 aliphatic heterocycles. The maximum absolute atomic E-state index is 10.9. The molecule has 0 atom stereocenters. The first-order valence-electron chi connectivity index (χ1n) is 6.66. The van der Waals surface area contributed by atoms with Gasteiger partial charge in [-0.1, -0.05) is 31.9 Å². The van der Waals surface area contributed by atoms with Crippen molar-refractivity contribution in [3.8, 4) is 5.75 Å². The molecule has 1 aromatic carbocycles. The van der Waals surface area contributed by atoms with Gasteiger partial charge in [-0.05, 0) is 37.0 Å². The van der Waals surface area contributed by atoms with Gasteiger partial charge in [0.1, 0.15) is 5.75 Å². The quantitative estimate of drug-likeness (QED) is 0.568. The number of carbonyl (C=O) groups is 1. The molecule has 0 aliphatic rings. The van der Waals surface area contributed by atoms with E-state index in [-0.39, 0.29) is 5.97 Å². The second-order valence-corrected chi connectivity index (χ2v) is 4.40. The lowest BCUT2D eigenvalue weighted by atomic mass is 10.1. The molecule has 100 valence electrons. The Hall–Kier alpha value is -1.51. The van der Waals surface area contributed by atoms with Gasteiger partial charge in [-0.25, -0.2) is 0 Å². The molecule has 0 amide bonds. The summed E-state index contributed by atoms with van der Waals surface area (Å²) in [6, 6.07) is 7.36. The van der Waals surface area contributed by atoms with E-state index >= 15 is 0 Å². The minimum Gasteiger partial charge on any atom is -0.508 e. The summed E-state index contributed by atoms with van der Waals surface area (Å²) in [6.07, 6.45) is 5.81. The lowest BCUT2D eigenvalue weighted by Gasteiger charge is -2.04. The van der Waals surface area contributed by atoms with Crippen LogP contribution in [-0.4, -0.2) is 17.7 Å². The van der Waals surface area contributed by atoms with Crippen LogP contribution >= 0.6 is 0 Å². The molecule has 0 heterocycles. The number of hydrogen-bond donors (Lipinski definition) is 1. The van der Waals surface area contributed by atoms with Gasteiger partial charge in [-0.2, -0.15) is 0 Å². The van der Waals surface area contributed by atoms with Crippen molar-refractivity contribution in [3.05, 3.63) is 29.8 Å². The monoisotopic (exact) mass is 250 g/mol. The summed E-state index contributed by atoms with van der Waals surface area (Å²) >= 11 is 0. The maximum atomic E-state index is 10.9. The van der Waals surface area contributed by atoms with E-state index in [2.05, 4.69) is 0 Å². The van der Waals surface area contributed by atoms with Crippen molar-refractivity contribution in [3.63, 3.8) is 0 Å². The highest BCUT2D eigenvalue weighted by molar-refractivity contribution is 5.68. The van der Waals surface area contributed by atoms with Crippen molar-refractivity contribution in [1.29, 1.82) is 0 Å². The van der Waals surface area contributed by atoms with Crippen LogP contribution in [0.25, 0.3) is 0 Å². The lowest BCUT2D eigenvalue weighted by molar-refractivity contribution is -0.143. The van der Waals surface area contributed by atoms with Crippen LogP contribution in [-0.2, 0) is 16.0 Å². The van der Waals surface area contributed by atoms with Crippen LogP contribution in [0, 0.1) is 0 Å². The molecule has 3 heteroatoms. The fourth-order valence-corrected chi connectivity index (χ4v) is 1.74. The van der Waals surface area contributed by atoms with E-state index in [0.29, 0.717) is 18.8 Å². The number of phenolic OH excluding ortho intramolecular Hbond substituents is 1. The van der Waals surface area contributed by atoms with Crippen LogP contribution in [0.4, 0.5) is 0 Å². The van der Waals surface area contributed by atoms with E-state index in [1.165, 1.54) is 5.56 Å². The molecular weight excluding hydrogens is 228 g/mol. The Morgan fingerprint density at radius 3 is 2.44 bits per heavy atom. The SMILES string of the molecule is CCC(=O)OCCCCCCc1ccc(O)cc1. The van der Waals surface area contributed by atoms with Gasteiger partial charge in [0.05, 0.1) is 6.61 Å². The Labute approximate surface area is 109 Å². The number of carbonyl (C=O) groups excluding carboxylic acids is 1. The van der Waals surface area contributed by atoms with Crippen LogP contribution in [0.3, 0.4) is 0 Å². The summed E-state index contributed by atoms with van der Waals surface area (Å²) in [4.78, 5) is 10.9. The maximum Gasteiger partial charge on any atom is 0.305 e. The third kappa shape index (κ3) is 6.28. The minimum atomic E-state index is -0.112. The van der Waals surface area contributed by atoms with Gasteiger partial charge in [0.15, 0.2) is 0 Å². The van der Waals surface area contributed by atoms with Gasteiger partial charge in [-0.3, -0.25) is 4.79 Å². The number of rotatable bonds is 8. The fraction of sp³-hybridized carbons (Fsp3) is 0.533. The number of phenols is 1. The van der Waals surface area contributed by atoms with E-state index in [9.17, 15) is 4.79 Å². The Kier molecular flexibility index (Phi) is 6.92. The molecule has 0 saturated carbocycles. The molecule has 0 aliphatic carbocycles. The van der Waals surface area contributed by atoms with Crippen molar-refractivity contribution in [1.82, 2.24) is 0 Å². The Morgan fingerprint density at radius 1 is 1.11 bits per heavy atom. The largest absolute Gasteiger partial charge is 0.508 e. The highest BCUT2D eigenvalue weighted by atomic mass is 16.5. The first kappa shape index (κ1) is 14.6. The second-order valence-electron chi connectivity index (χ2n) is 4.40. The zero-order valence-corrected chi connectivity index (χ0v) is 11.0. The molecule has 0 fully saturated rings. The molecule has 0 bridgehead atoms. The minimum absolute atomic E-state index is 0.112. The molecule has 1 rings (SSSR count). The first-order chi connectivity index (χ1) is 8.72. The number of benzene rings is 1. The van der Waals surface area contributed by atoms with E-state index < -0.39 is 0 Å². The molecule has 0 aromatic heterocycles. The van der Waals surface area contributed by atoms with Crippen LogP contribution in [0.5, 0.6) is 5.75 Å². The molecule has 18 heavy (non-hydrogen) atoms. The molecule has 0 saturated heterocycles. The summed E-state index contributed by atoms with van der Waals surface area (Å²) in [7, 11) is 0. The van der Waals surface area contributed by atoms with Crippen molar-refractivity contribution in [2.24, 2.45) is 0 Å². The standard InChI is InChI=1S/C15H22O3/c1-2-15(17)18-12-6-4-3-5-7-13-8-10-14(16)11-9-13/h8-11,16H,2-7,12H2,1H3. The number of ether oxygens (including phenoxy) is 1. The zero-order chi connectivity index (χ0) is 13.2. The lowest BCUT2D eigenvalue weighted by Crippen LogP contribution is -2.03. The average Bonchev–Trinajstić information content (AvgIpc) is 2.39. The third-order valence-electron chi connectivity index (χ3n) is 2.85. The third-order valence-corrected chi connectivity index (χ3v) is 2.85. The van der Waals surface area contributed by atoms with Crippen molar-refractivity contribution in [2.75, 3.05) is 6.61 Å². The number of aromatic hydroxyl groups is 1. The van der Waals surface area contributed by atoms with Gasteiger partial charge in [0, 0.05) is 6.42 Å². The van der Waals surface area contributed by atoms with Gasteiger partial charge in [-0.15, -0.1) is 0 Å². The molecule has 1 N–H and O–H groups in total. The molecule has 0 spiro atoms. The summed E-state index contributed by atoms with van der Waals surface area (Å²) in [5.74, 6) is 0.204. The Balaban J connectivity index is 1.99. The number of unbranched alkanes of at least 4 members (excludes halogenated alkanes) is 3. The van der Waals surface area contributed by atoms with E-state index in [0.717, 1.165) is 32.1 Å². The van der Waals surface area contributed by atoms with Crippen LogP contribution in [0.15, 0.2) is 24.3 Å². The number of hydrogen-bond acceptors (Lipinski definition) is 3. The van der Waals surface area contributed by atoms with E-state index in [1.54, 1.807) is 19.1 Å². The second kappa shape index (κ2) is 8.56. The molecular formula is C15H22O3. The predicted octanol–water partition coefficient (Wildman–Crippen LogP) is 3.45. The topological polar surface area (TPSA) is 46.5 Å². The summed E-state index contributed by atoms with van der Waals surface area (Å²) in [6.45, 7) is 2.35. The van der Waals surface area contributed by atoms with Crippen molar-refractivity contribution in [2.45, 2.75) is 45.4 Å². The summed E-state index contributed by atoms with van der Waals surface area (Å²) in [5, 5.41) is 9.15. The smallest absolute Gasteiger partial charge is 0.305 e. The molecule has 0 unspecified atom stereocenters. The highest BCUT2D eigenvalue weighted by Gasteiger charge is 1.98. The number of aryl methyl sites for hydroxylation is 1.